The van der Waals surface area contributed by atoms with Gasteiger partial charge < -0.3 is 15.4 Å². The molecule has 0 aromatic rings. The molecule has 3 rings (SSSR count). The molecule has 3 aliphatic rings. The predicted molar refractivity (Wildman–Crippen MR) is 90.5 cm³/mol. The van der Waals surface area contributed by atoms with Crippen LogP contribution in [0, 0.1) is 17.8 Å². The van der Waals surface area contributed by atoms with Gasteiger partial charge in [-0.3, -0.25) is 0 Å². The van der Waals surface area contributed by atoms with Crippen molar-refractivity contribution < 1.29 is 17.9 Å². The summed E-state index contributed by atoms with van der Waals surface area (Å²) in [5, 5.41) is 7.24. The molecule has 2 aliphatic carbocycles. The minimum Gasteiger partial charge on any atom is -0.379 e. The van der Waals surface area contributed by atoms with Crippen molar-refractivity contribution >= 4 is 12.4 Å². The highest BCUT2D eigenvalue weighted by Gasteiger charge is 2.41. The molecule has 24 heavy (non-hydrogen) atoms. The molecule has 7 heteroatoms. The van der Waals surface area contributed by atoms with Crippen molar-refractivity contribution in [1.29, 1.82) is 0 Å². The third-order valence-corrected chi connectivity index (χ3v) is 6.01. The number of hydrogen-bond acceptors (Lipinski definition) is 3. The average Bonchev–Trinajstić information content (AvgIpc) is 3.02. The van der Waals surface area contributed by atoms with Gasteiger partial charge in [0.05, 0.1) is 19.1 Å². The lowest BCUT2D eigenvalue weighted by Gasteiger charge is -2.35. The van der Waals surface area contributed by atoms with E-state index >= 15 is 0 Å². The van der Waals surface area contributed by atoms with Crippen LogP contribution in [-0.4, -0.2) is 44.6 Å². The van der Waals surface area contributed by atoms with E-state index in [0.717, 1.165) is 26.3 Å². The molecule has 3 unspecified atom stereocenters. The van der Waals surface area contributed by atoms with Crippen molar-refractivity contribution in [2.75, 3.05) is 26.3 Å². The lowest BCUT2D eigenvalue weighted by atomic mass is 9.81. The second-order valence-electron chi connectivity index (χ2n) is 7.50. The Morgan fingerprint density at radius 3 is 2.42 bits per heavy atom. The summed E-state index contributed by atoms with van der Waals surface area (Å²) in [6.07, 6.45) is 1.67. The molecule has 0 amide bonds. The number of halogens is 4. The first-order valence-electron chi connectivity index (χ1n) is 9.15. The van der Waals surface area contributed by atoms with E-state index in [1.807, 2.05) is 0 Å². The minimum atomic E-state index is -4.00. The zero-order chi connectivity index (χ0) is 16.3. The van der Waals surface area contributed by atoms with Crippen molar-refractivity contribution in [3.05, 3.63) is 0 Å². The zero-order valence-corrected chi connectivity index (χ0v) is 14.9. The van der Waals surface area contributed by atoms with Crippen LogP contribution < -0.4 is 10.6 Å². The zero-order valence-electron chi connectivity index (χ0n) is 14.1. The molecule has 2 saturated carbocycles. The van der Waals surface area contributed by atoms with E-state index in [-0.39, 0.29) is 12.4 Å². The van der Waals surface area contributed by atoms with Gasteiger partial charge in [-0.1, -0.05) is 6.42 Å². The van der Waals surface area contributed by atoms with Crippen LogP contribution in [0.4, 0.5) is 13.2 Å². The Bertz CT molecular complexity index is 369. The quantitative estimate of drug-likeness (QED) is 0.794. The molecule has 142 valence electrons. The summed E-state index contributed by atoms with van der Waals surface area (Å²) in [5.74, 6) is -0.0613. The number of morpholine rings is 1. The SMILES string of the molecule is Cl.FC(F)(F)C1CCC(CNC2CCCC2C2COCCN2)CC1. The minimum absolute atomic E-state index is 0. The standard InChI is InChI=1S/C17H29F3N2O.ClH/c18-17(19,20)13-6-4-12(5-7-13)10-22-15-3-1-2-14(15)16-11-23-9-8-21-16;/h12-16,21-22H,1-11H2;1H. The molecule has 0 aromatic heterocycles. The van der Waals surface area contributed by atoms with Gasteiger partial charge in [-0.2, -0.15) is 13.2 Å². The Morgan fingerprint density at radius 1 is 1.04 bits per heavy atom. The number of nitrogens with one attached hydrogen (secondary N) is 2. The van der Waals surface area contributed by atoms with Crippen molar-refractivity contribution in [3.63, 3.8) is 0 Å². The van der Waals surface area contributed by atoms with Crippen LogP contribution in [0.25, 0.3) is 0 Å². The van der Waals surface area contributed by atoms with E-state index < -0.39 is 12.1 Å². The molecule has 3 atom stereocenters. The second kappa shape index (κ2) is 9.06. The number of hydrogen-bond donors (Lipinski definition) is 2. The van der Waals surface area contributed by atoms with Gasteiger partial charge in [0, 0.05) is 18.6 Å². The van der Waals surface area contributed by atoms with Gasteiger partial charge in [0.2, 0.25) is 0 Å². The Labute approximate surface area is 148 Å². The third kappa shape index (κ3) is 5.23. The summed E-state index contributed by atoms with van der Waals surface area (Å²) >= 11 is 0. The van der Waals surface area contributed by atoms with Crippen LogP contribution >= 0.6 is 12.4 Å². The first-order chi connectivity index (χ1) is 11.0. The van der Waals surface area contributed by atoms with E-state index in [9.17, 15) is 13.2 Å². The Balaban J connectivity index is 0.00000208. The van der Waals surface area contributed by atoms with Crippen molar-refractivity contribution in [1.82, 2.24) is 10.6 Å². The molecule has 1 saturated heterocycles. The van der Waals surface area contributed by atoms with Crippen molar-refractivity contribution in [3.8, 4) is 0 Å². The first-order valence-corrected chi connectivity index (χ1v) is 9.15. The maximum absolute atomic E-state index is 12.7. The molecular formula is C17H30ClF3N2O. The summed E-state index contributed by atoms with van der Waals surface area (Å²) in [7, 11) is 0. The lowest BCUT2D eigenvalue weighted by Crippen LogP contribution is -2.51. The van der Waals surface area contributed by atoms with Crippen molar-refractivity contribution in [2.45, 2.75) is 63.2 Å². The van der Waals surface area contributed by atoms with Gasteiger partial charge in [0.25, 0.3) is 0 Å². The maximum atomic E-state index is 12.7. The van der Waals surface area contributed by atoms with E-state index in [2.05, 4.69) is 10.6 Å². The van der Waals surface area contributed by atoms with Crippen molar-refractivity contribution in [2.24, 2.45) is 17.8 Å². The van der Waals surface area contributed by atoms with E-state index in [4.69, 9.17) is 4.74 Å². The van der Waals surface area contributed by atoms with Gasteiger partial charge >= 0.3 is 6.18 Å². The summed E-state index contributed by atoms with van der Waals surface area (Å²) in [6, 6.07) is 0.930. The van der Waals surface area contributed by atoms with Crippen LogP contribution in [0.1, 0.15) is 44.9 Å². The number of ether oxygens (including phenoxy) is 1. The number of alkyl halides is 3. The molecule has 0 aromatic carbocycles. The van der Waals surface area contributed by atoms with Crippen LogP contribution in [0.5, 0.6) is 0 Å². The molecular weight excluding hydrogens is 341 g/mol. The fourth-order valence-electron chi connectivity index (χ4n) is 4.60. The fourth-order valence-corrected chi connectivity index (χ4v) is 4.60. The summed E-state index contributed by atoms with van der Waals surface area (Å²) in [6.45, 7) is 3.39. The Kier molecular flexibility index (Phi) is 7.65. The van der Waals surface area contributed by atoms with Gasteiger partial charge in [-0.25, -0.2) is 0 Å². The Hall–Kier alpha value is -0.0400. The normalized spacial score (nSPS) is 37.9. The first kappa shape index (κ1) is 20.3. The third-order valence-electron chi connectivity index (χ3n) is 6.01. The molecule has 1 heterocycles. The van der Waals surface area contributed by atoms with Crippen LogP contribution in [0.15, 0.2) is 0 Å². The van der Waals surface area contributed by atoms with E-state index in [1.54, 1.807) is 0 Å². The van der Waals surface area contributed by atoms with E-state index in [1.165, 1.54) is 19.3 Å². The van der Waals surface area contributed by atoms with Crippen LogP contribution in [-0.2, 0) is 4.74 Å². The van der Waals surface area contributed by atoms with Gasteiger partial charge in [-0.15, -0.1) is 12.4 Å². The predicted octanol–water partition coefficient (Wildman–Crippen LogP) is 3.52. The van der Waals surface area contributed by atoms with Gasteiger partial charge in [0.15, 0.2) is 0 Å². The second-order valence-corrected chi connectivity index (χ2v) is 7.50. The number of rotatable bonds is 4. The summed E-state index contributed by atoms with van der Waals surface area (Å²) in [5.41, 5.74) is 0. The van der Waals surface area contributed by atoms with Gasteiger partial charge in [0.1, 0.15) is 0 Å². The average molecular weight is 371 g/mol. The molecule has 0 radical (unpaired) electrons. The fraction of sp³-hybridized carbons (Fsp3) is 1.00. The molecule has 3 nitrogen and oxygen atoms in total. The largest absolute Gasteiger partial charge is 0.391 e. The monoisotopic (exact) mass is 370 g/mol. The molecule has 2 N–H and O–H groups in total. The van der Waals surface area contributed by atoms with Gasteiger partial charge in [-0.05, 0) is 56.9 Å². The smallest absolute Gasteiger partial charge is 0.379 e. The summed E-state index contributed by atoms with van der Waals surface area (Å²) < 4.78 is 43.8. The highest BCUT2D eigenvalue weighted by Crippen LogP contribution is 2.39. The highest BCUT2D eigenvalue weighted by atomic mass is 35.5. The highest BCUT2D eigenvalue weighted by molar-refractivity contribution is 5.85. The maximum Gasteiger partial charge on any atom is 0.391 e. The molecule has 1 aliphatic heterocycles. The molecule has 3 fully saturated rings. The van der Waals surface area contributed by atoms with Crippen LogP contribution in [0.3, 0.4) is 0 Å². The Morgan fingerprint density at radius 2 is 1.79 bits per heavy atom. The van der Waals surface area contributed by atoms with Crippen LogP contribution in [0.2, 0.25) is 0 Å². The molecule has 0 bridgehead atoms. The topological polar surface area (TPSA) is 33.3 Å². The lowest BCUT2D eigenvalue weighted by molar-refractivity contribution is -0.183. The molecule has 0 spiro atoms. The summed E-state index contributed by atoms with van der Waals surface area (Å²) in [4.78, 5) is 0. The van der Waals surface area contributed by atoms with E-state index in [0.29, 0.717) is 49.6 Å².